The molecule has 2 heterocycles. The molecule has 1 aliphatic rings. The Kier molecular flexibility index (Phi) is 5.00. The topological polar surface area (TPSA) is 43.8 Å². The van der Waals surface area contributed by atoms with Gasteiger partial charge in [0.15, 0.2) is 0 Å². The molecule has 1 aromatic heterocycles. The minimum atomic E-state index is -0.742. The van der Waals surface area contributed by atoms with Gasteiger partial charge >= 0.3 is 5.97 Å². The third-order valence-corrected chi connectivity index (χ3v) is 4.26. The summed E-state index contributed by atoms with van der Waals surface area (Å²) in [6, 6.07) is 3.99. The van der Waals surface area contributed by atoms with Gasteiger partial charge in [0.2, 0.25) is 0 Å². The van der Waals surface area contributed by atoms with Crippen LogP contribution >= 0.6 is 22.9 Å². The third kappa shape index (κ3) is 4.24. The highest BCUT2D eigenvalue weighted by atomic mass is 35.5. The van der Waals surface area contributed by atoms with Gasteiger partial charge in [0.1, 0.15) is 0 Å². The van der Waals surface area contributed by atoms with Crippen molar-refractivity contribution in [3.63, 3.8) is 0 Å². The highest BCUT2D eigenvalue weighted by Gasteiger charge is 2.17. The van der Waals surface area contributed by atoms with Gasteiger partial charge in [-0.05, 0) is 25.1 Å². The van der Waals surface area contributed by atoms with Gasteiger partial charge in [-0.15, -0.1) is 11.3 Å². The zero-order valence-corrected chi connectivity index (χ0v) is 11.7. The van der Waals surface area contributed by atoms with E-state index >= 15 is 0 Å². The van der Waals surface area contributed by atoms with Crippen LogP contribution in [0.4, 0.5) is 0 Å². The molecule has 1 aliphatic heterocycles. The Morgan fingerprint density at radius 3 is 2.67 bits per heavy atom. The number of carboxylic acids is 1. The summed E-state index contributed by atoms with van der Waals surface area (Å²) in [7, 11) is 0. The summed E-state index contributed by atoms with van der Waals surface area (Å²) < 4.78 is 0.826. The van der Waals surface area contributed by atoms with Gasteiger partial charge in [0, 0.05) is 31.1 Å². The second-order valence-corrected chi connectivity index (χ2v) is 6.31. The number of thiophene rings is 1. The summed E-state index contributed by atoms with van der Waals surface area (Å²) in [6.45, 7) is 4.70. The van der Waals surface area contributed by atoms with Crippen LogP contribution in [-0.2, 0) is 11.3 Å². The first-order valence-corrected chi connectivity index (χ1v) is 7.23. The molecule has 18 heavy (non-hydrogen) atoms. The normalized spacial score (nSPS) is 18.7. The monoisotopic (exact) mass is 288 g/mol. The Balaban J connectivity index is 1.83. The molecular formula is C12H17ClN2O2S. The van der Waals surface area contributed by atoms with Crippen LogP contribution in [0.25, 0.3) is 0 Å². The second kappa shape index (κ2) is 6.52. The van der Waals surface area contributed by atoms with E-state index in [0.29, 0.717) is 0 Å². The molecule has 1 fully saturated rings. The van der Waals surface area contributed by atoms with Crippen molar-refractivity contribution in [1.29, 1.82) is 0 Å². The number of halogens is 1. The van der Waals surface area contributed by atoms with Gasteiger partial charge in [-0.1, -0.05) is 11.6 Å². The van der Waals surface area contributed by atoms with Crippen molar-refractivity contribution in [2.45, 2.75) is 13.0 Å². The van der Waals surface area contributed by atoms with Crippen molar-refractivity contribution in [3.05, 3.63) is 21.3 Å². The highest BCUT2D eigenvalue weighted by molar-refractivity contribution is 7.16. The average Bonchev–Trinajstić information content (AvgIpc) is 2.57. The summed E-state index contributed by atoms with van der Waals surface area (Å²) in [4.78, 5) is 16.3. The van der Waals surface area contributed by atoms with Crippen LogP contribution in [0.5, 0.6) is 0 Å². The summed E-state index contributed by atoms with van der Waals surface area (Å²) in [6.07, 6.45) is 1.02. The number of hydrogen-bond acceptors (Lipinski definition) is 4. The number of hydrogen-bond donors (Lipinski definition) is 1. The number of aliphatic carboxylic acids is 1. The number of carbonyl (C=O) groups is 1. The molecule has 0 radical (unpaired) electrons. The van der Waals surface area contributed by atoms with E-state index in [4.69, 9.17) is 16.7 Å². The van der Waals surface area contributed by atoms with Crippen LogP contribution in [0.2, 0.25) is 4.34 Å². The van der Waals surface area contributed by atoms with Crippen LogP contribution in [0, 0.1) is 0 Å². The predicted molar refractivity (Wildman–Crippen MR) is 73.3 cm³/mol. The quantitative estimate of drug-likeness (QED) is 0.920. The lowest BCUT2D eigenvalue weighted by Crippen LogP contribution is -2.33. The maximum Gasteiger partial charge on any atom is 0.317 e. The molecule has 0 unspecified atom stereocenters. The second-order valence-electron chi connectivity index (χ2n) is 4.51. The Morgan fingerprint density at radius 2 is 2.00 bits per heavy atom. The highest BCUT2D eigenvalue weighted by Crippen LogP contribution is 2.23. The molecule has 1 N–H and O–H groups in total. The standard InChI is InChI=1S/C12H17ClN2O2S/c13-11-3-2-10(18-11)8-14-4-1-5-15(7-6-14)9-12(16)17/h2-3H,1,4-9H2,(H,16,17). The predicted octanol–water partition coefficient (Wildman–Crippen LogP) is 1.99. The molecule has 6 heteroatoms. The lowest BCUT2D eigenvalue weighted by Gasteiger charge is -2.20. The van der Waals surface area contributed by atoms with Gasteiger partial charge in [-0.25, -0.2) is 0 Å². The molecular weight excluding hydrogens is 272 g/mol. The van der Waals surface area contributed by atoms with Crippen LogP contribution in [0.3, 0.4) is 0 Å². The molecule has 1 aromatic rings. The summed E-state index contributed by atoms with van der Waals surface area (Å²) in [5.74, 6) is -0.742. The number of carboxylic acid groups (broad SMARTS) is 1. The fourth-order valence-corrected chi connectivity index (χ4v) is 3.32. The third-order valence-electron chi connectivity index (χ3n) is 3.05. The van der Waals surface area contributed by atoms with Gasteiger partial charge in [-0.3, -0.25) is 14.6 Å². The smallest absolute Gasteiger partial charge is 0.317 e. The van der Waals surface area contributed by atoms with E-state index in [1.54, 1.807) is 11.3 Å². The zero-order chi connectivity index (χ0) is 13.0. The van der Waals surface area contributed by atoms with Crippen molar-refractivity contribution >= 4 is 28.9 Å². The van der Waals surface area contributed by atoms with E-state index in [1.807, 2.05) is 11.0 Å². The van der Waals surface area contributed by atoms with Gasteiger partial charge < -0.3 is 5.11 Å². The van der Waals surface area contributed by atoms with E-state index in [2.05, 4.69) is 11.0 Å². The molecule has 0 bridgehead atoms. The Morgan fingerprint density at radius 1 is 1.28 bits per heavy atom. The average molecular weight is 289 g/mol. The van der Waals surface area contributed by atoms with Gasteiger partial charge in [0.25, 0.3) is 0 Å². The Bertz CT molecular complexity index is 411. The molecule has 0 aliphatic carbocycles. The van der Waals surface area contributed by atoms with Crippen molar-refractivity contribution in [1.82, 2.24) is 9.80 Å². The van der Waals surface area contributed by atoms with Crippen LogP contribution in [0.1, 0.15) is 11.3 Å². The van der Waals surface area contributed by atoms with Crippen molar-refractivity contribution in [3.8, 4) is 0 Å². The fourth-order valence-electron chi connectivity index (χ4n) is 2.19. The molecule has 4 nitrogen and oxygen atoms in total. The molecule has 2 rings (SSSR count). The lowest BCUT2D eigenvalue weighted by atomic mass is 10.3. The first-order valence-electron chi connectivity index (χ1n) is 6.04. The van der Waals surface area contributed by atoms with Gasteiger partial charge in [0.05, 0.1) is 10.9 Å². The Labute approximate surface area is 116 Å². The SMILES string of the molecule is O=C(O)CN1CCCN(Cc2ccc(Cl)s2)CC1. The largest absolute Gasteiger partial charge is 0.480 e. The first-order chi connectivity index (χ1) is 8.63. The van der Waals surface area contributed by atoms with Crippen molar-refractivity contribution in [2.24, 2.45) is 0 Å². The lowest BCUT2D eigenvalue weighted by molar-refractivity contribution is -0.138. The fraction of sp³-hybridized carbons (Fsp3) is 0.583. The zero-order valence-electron chi connectivity index (χ0n) is 10.1. The molecule has 0 saturated carbocycles. The van der Waals surface area contributed by atoms with Crippen LogP contribution in [0.15, 0.2) is 12.1 Å². The maximum atomic E-state index is 10.7. The Hall–Kier alpha value is -0.620. The summed E-state index contributed by atoms with van der Waals surface area (Å²) in [5, 5.41) is 8.79. The minimum absolute atomic E-state index is 0.151. The van der Waals surface area contributed by atoms with E-state index in [0.717, 1.165) is 43.5 Å². The maximum absolute atomic E-state index is 10.7. The van der Waals surface area contributed by atoms with E-state index < -0.39 is 5.97 Å². The number of rotatable bonds is 4. The molecule has 0 aromatic carbocycles. The van der Waals surface area contributed by atoms with E-state index in [1.165, 1.54) is 4.88 Å². The summed E-state index contributed by atoms with van der Waals surface area (Å²) in [5.41, 5.74) is 0. The summed E-state index contributed by atoms with van der Waals surface area (Å²) >= 11 is 7.53. The molecule has 100 valence electrons. The van der Waals surface area contributed by atoms with Gasteiger partial charge in [-0.2, -0.15) is 0 Å². The van der Waals surface area contributed by atoms with E-state index in [-0.39, 0.29) is 6.54 Å². The van der Waals surface area contributed by atoms with Crippen molar-refractivity contribution < 1.29 is 9.90 Å². The molecule has 0 amide bonds. The molecule has 1 saturated heterocycles. The van der Waals surface area contributed by atoms with Crippen molar-refractivity contribution in [2.75, 3.05) is 32.7 Å². The first kappa shape index (κ1) is 13.8. The van der Waals surface area contributed by atoms with Crippen LogP contribution < -0.4 is 0 Å². The number of nitrogens with zero attached hydrogens (tertiary/aromatic N) is 2. The minimum Gasteiger partial charge on any atom is -0.480 e. The molecule has 0 atom stereocenters. The van der Waals surface area contributed by atoms with Crippen LogP contribution in [-0.4, -0.2) is 53.6 Å². The van der Waals surface area contributed by atoms with E-state index in [9.17, 15) is 4.79 Å². The molecule has 0 spiro atoms.